The molecule has 0 atom stereocenters. The molecule has 0 saturated heterocycles. The summed E-state index contributed by atoms with van der Waals surface area (Å²) in [4.78, 5) is 25.7. The molecule has 24 heavy (non-hydrogen) atoms. The van der Waals surface area contributed by atoms with E-state index < -0.39 is 0 Å². The Morgan fingerprint density at radius 1 is 1.00 bits per heavy atom. The zero-order valence-electron chi connectivity index (χ0n) is 15.0. The molecule has 6 nitrogen and oxygen atoms in total. The zero-order valence-corrected chi connectivity index (χ0v) is 15.0. The van der Waals surface area contributed by atoms with Crippen LogP contribution < -0.4 is 16.0 Å². The highest BCUT2D eigenvalue weighted by Crippen LogP contribution is 2.16. The molecule has 6 heteroatoms. The number of aromatic nitrogens is 2. The van der Waals surface area contributed by atoms with E-state index in [1.165, 1.54) is 28.8 Å². The van der Waals surface area contributed by atoms with Crippen molar-refractivity contribution in [2.45, 2.75) is 20.4 Å². The van der Waals surface area contributed by atoms with Gasteiger partial charge in [-0.3, -0.25) is 18.8 Å². The average molecular weight is 331 g/mol. The molecule has 1 aromatic heterocycles. The van der Waals surface area contributed by atoms with Crippen molar-refractivity contribution in [1.82, 2.24) is 14.0 Å². The largest absolute Gasteiger partial charge is 0.492 e. The fraction of sp³-hybridized carbons (Fsp3) is 0.444. The van der Waals surface area contributed by atoms with Crippen molar-refractivity contribution < 1.29 is 4.74 Å². The van der Waals surface area contributed by atoms with Crippen LogP contribution in [0.1, 0.15) is 16.8 Å². The fourth-order valence-electron chi connectivity index (χ4n) is 2.62. The molecule has 1 aromatic carbocycles. The summed E-state index contributed by atoms with van der Waals surface area (Å²) >= 11 is 0. The van der Waals surface area contributed by atoms with Crippen molar-refractivity contribution in [2.24, 2.45) is 14.1 Å². The minimum Gasteiger partial charge on any atom is -0.492 e. The Bertz CT molecular complexity index is 816. The third-order valence-corrected chi connectivity index (χ3v) is 3.99. The van der Waals surface area contributed by atoms with E-state index in [1.807, 2.05) is 37.9 Å². The van der Waals surface area contributed by atoms with Gasteiger partial charge in [0, 0.05) is 38.9 Å². The van der Waals surface area contributed by atoms with Crippen LogP contribution in [0.3, 0.4) is 0 Å². The van der Waals surface area contributed by atoms with Gasteiger partial charge < -0.3 is 4.74 Å². The summed E-state index contributed by atoms with van der Waals surface area (Å²) in [6.45, 7) is 5.83. The van der Waals surface area contributed by atoms with E-state index in [-0.39, 0.29) is 11.2 Å². The lowest BCUT2D eigenvalue weighted by Gasteiger charge is -2.19. The van der Waals surface area contributed by atoms with Crippen molar-refractivity contribution >= 4 is 0 Å². The molecule has 0 aliphatic carbocycles. The highest BCUT2D eigenvalue weighted by Gasteiger charge is 2.08. The van der Waals surface area contributed by atoms with Crippen LogP contribution in [0.2, 0.25) is 0 Å². The number of hydrogen-bond donors (Lipinski definition) is 0. The summed E-state index contributed by atoms with van der Waals surface area (Å²) in [7, 11) is 5.10. The second-order valence-corrected chi connectivity index (χ2v) is 6.28. The minimum atomic E-state index is -0.308. The Kier molecular flexibility index (Phi) is 5.62. The maximum absolute atomic E-state index is 11.9. The predicted molar refractivity (Wildman–Crippen MR) is 94.7 cm³/mol. The van der Waals surface area contributed by atoms with Gasteiger partial charge in [-0.25, -0.2) is 4.79 Å². The number of ether oxygens (including phenoxy) is 1. The van der Waals surface area contributed by atoms with Crippen LogP contribution in [0, 0.1) is 13.8 Å². The maximum atomic E-state index is 11.9. The van der Waals surface area contributed by atoms with Crippen LogP contribution in [0.25, 0.3) is 0 Å². The van der Waals surface area contributed by atoms with Gasteiger partial charge in [0.25, 0.3) is 5.56 Å². The smallest absolute Gasteiger partial charge is 0.330 e. The second-order valence-electron chi connectivity index (χ2n) is 6.28. The Balaban J connectivity index is 1.95. The number of rotatable bonds is 6. The van der Waals surface area contributed by atoms with Crippen LogP contribution in [0.5, 0.6) is 5.75 Å². The highest BCUT2D eigenvalue weighted by atomic mass is 16.5. The molecule has 0 aliphatic rings. The topological polar surface area (TPSA) is 56.5 Å². The van der Waals surface area contributed by atoms with E-state index in [1.54, 1.807) is 7.05 Å². The average Bonchev–Trinajstić information content (AvgIpc) is 2.49. The summed E-state index contributed by atoms with van der Waals surface area (Å²) in [5, 5.41) is 0. The molecule has 0 radical (unpaired) electrons. The molecule has 0 bridgehead atoms. The van der Waals surface area contributed by atoms with Crippen LogP contribution in [0.15, 0.2) is 33.9 Å². The molecule has 0 spiro atoms. The Labute approximate surface area is 141 Å². The standard InChI is InChI=1S/C18H25N3O3/c1-13-8-14(2)10-16(9-13)24-7-6-19(3)12-15-11-17(22)21(5)18(23)20(15)4/h8-11H,6-7,12H2,1-5H3. The minimum absolute atomic E-state index is 0.284. The summed E-state index contributed by atoms with van der Waals surface area (Å²) < 4.78 is 8.40. The molecule has 130 valence electrons. The van der Waals surface area contributed by atoms with Gasteiger partial charge in [-0.05, 0) is 44.2 Å². The van der Waals surface area contributed by atoms with Gasteiger partial charge in [-0.2, -0.15) is 0 Å². The third-order valence-electron chi connectivity index (χ3n) is 3.99. The molecule has 2 aromatic rings. The number of nitrogens with zero attached hydrogens (tertiary/aromatic N) is 3. The van der Waals surface area contributed by atoms with Gasteiger partial charge in [0.15, 0.2) is 0 Å². The lowest BCUT2D eigenvalue weighted by molar-refractivity contribution is 0.229. The van der Waals surface area contributed by atoms with Crippen molar-refractivity contribution in [1.29, 1.82) is 0 Å². The van der Waals surface area contributed by atoms with E-state index in [9.17, 15) is 9.59 Å². The van der Waals surface area contributed by atoms with Gasteiger partial charge in [-0.1, -0.05) is 6.07 Å². The molecule has 0 saturated carbocycles. The number of hydrogen-bond acceptors (Lipinski definition) is 4. The lowest BCUT2D eigenvalue weighted by atomic mass is 10.1. The van der Waals surface area contributed by atoms with E-state index in [4.69, 9.17) is 4.74 Å². The molecular weight excluding hydrogens is 306 g/mol. The van der Waals surface area contributed by atoms with Crippen LogP contribution in [-0.2, 0) is 20.6 Å². The molecule has 2 rings (SSSR count). The molecular formula is C18H25N3O3. The monoisotopic (exact) mass is 331 g/mol. The van der Waals surface area contributed by atoms with Gasteiger partial charge in [0.2, 0.25) is 0 Å². The fourth-order valence-corrected chi connectivity index (χ4v) is 2.62. The summed E-state index contributed by atoms with van der Waals surface area (Å²) in [5.74, 6) is 0.863. The maximum Gasteiger partial charge on any atom is 0.330 e. The van der Waals surface area contributed by atoms with Gasteiger partial charge in [0.05, 0.1) is 0 Å². The molecule has 0 amide bonds. The molecule has 0 aliphatic heterocycles. The van der Waals surface area contributed by atoms with Crippen molar-refractivity contribution in [2.75, 3.05) is 20.2 Å². The first-order chi connectivity index (χ1) is 11.3. The first kappa shape index (κ1) is 18.0. The first-order valence-corrected chi connectivity index (χ1v) is 7.93. The van der Waals surface area contributed by atoms with Crippen molar-refractivity contribution in [3.05, 3.63) is 61.9 Å². The van der Waals surface area contributed by atoms with Gasteiger partial charge >= 0.3 is 5.69 Å². The highest BCUT2D eigenvalue weighted by molar-refractivity contribution is 5.32. The first-order valence-electron chi connectivity index (χ1n) is 7.93. The van der Waals surface area contributed by atoms with Crippen LogP contribution in [0.4, 0.5) is 0 Å². The molecule has 0 fully saturated rings. The lowest BCUT2D eigenvalue weighted by Crippen LogP contribution is -2.39. The zero-order chi connectivity index (χ0) is 17.9. The van der Waals surface area contributed by atoms with Crippen LogP contribution in [-0.4, -0.2) is 34.2 Å². The Morgan fingerprint density at radius 2 is 1.62 bits per heavy atom. The molecule has 1 heterocycles. The predicted octanol–water partition coefficient (Wildman–Crippen LogP) is 1.21. The number of benzene rings is 1. The second kappa shape index (κ2) is 7.49. The van der Waals surface area contributed by atoms with Gasteiger partial charge in [-0.15, -0.1) is 0 Å². The molecule has 0 N–H and O–H groups in total. The van der Waals surface area contributed by atoms with E-state index in [2.05, 4.69) is 6.07 Å². The van der Waals surface area contributed by atoms with E-state index in [0.29, 0.717) is 25.4 Å². The van der Waals surface area contributed by atoms with E-state index in [0.717, 1.165) is 10.3 Å². The van der Waals surface area contributed by atoms with Crippen molar-refractivity contribution in [3.8, 4) is 5.75 Å². The Hall–Kier alpha value is -2.34. The van der Waals surface area contributed by atoms with E-state index >= 15 is 0 Å². The van der Waals surface area contributed by atoms with Crippen molar-refractivity contribution in [3.63, 3.8) is 0 Å². The van der Waals surface area contributed by atoms with Gasteiger partial charge in [0.1, 0.15) is 12.4 Å². The Morgan fingerprint density at radius 3 is 2.25 bits per heavy atom. The summed E-state index contributed by atoms with van der Waals surface area (Å²) in [6, 6.07) is 7.63. The third kappa shape index (κ3) is 4.35. The summed E-state index contributed by atoms with van der Waals surface area (Å²) in [5.41, 5.74) is 2.45. The number of likely N-dealkylation sites (N-methyl/N-ethyl adjacent to an activating group) is 1. The molecule has 0 unspecified atom stereocenters. The normalized spacial score (nSPS) is 11.1. The summed E-state index contributed by atoms with van der Waals surface area (Å²) in [6.07, 6.45) is 0. The number of aryl methyl sites for hydroxylation is 2. The quantitative estimate of drug-likeness (QED) is 0.798. The SMILES string of the molecule is Cc1cc(C)cc(OCCN(C)Cc2cc(=O)n(C)c(=O)n2C)c1. The van der Waals surface area contributed by atoms with Crippen LogP contribution >= 0.6 is 0 Å².